The van der Waals surface area contributed by atoms with Crippen molar-refractivity contribution in [3.63, 3.8) is 0 Å². The maximum Gasteiger partial charge on any atom is 0.261 e. The second-order valence-electron chi connectivity index (χ2n) is 5.07. The molecule has 0 aliphatic carbocycles. The summed E-state index contributed by atoms with van der Waals surface area (Å²) in [7, 11) is 3.83. The smallest absolute Gasteiger partial charge is 0.261 e. The summed E-state index contributed by atoms with van der Waals surface area (Å²) in [4.78, 5) is 27.2. The van der Waals surface area contributed by atoms with E-state index in [2.05, 4.69) is 16.5 Å². The first-order valence-electron chi connectivity index (χ1n) is 6.90. The zero-order valence-electron chi connectivity index (χ0n) is 12.6. The first-order valence-corrected chi connectivity index (χ1v) is 7.95. The SMILES string of the molecule is C1=CSCC1.CN(C)c1ccc2cc(C(N)=O)c(=O)[nH]c2c1. The minimum absolute atomic E-state index is 0.0184. The van der Waals surface area contributed by atoms with E-state index >= 15 is 0 Å². The molecule has 0 radical (unpaired) electrons. The second-order valence-corrected chi connectivity index (χ2v) is 6.09. The predicted molar refractivity (Wildman–Crippen MR) is 93.6 cm³/mol. The Kier molecular flexibility index (Phi) is 5.27. The zero-order valence-corrected chi connectivity index (χ0v) is 13.4. The number of carbonyl (C=O) groups is 1. The van der Waals surface area contributed by atoms with Gasteiger partial charge in [0.1, 0.15) is 5.56 Å². The zero-order chi connectivity index (χ0) is 16.1. The van der Waals surface area contributed by atoms with Gasteiger partial charge < -0.3 is 15.6 Å². The maximum atomic E-state index is 11.6. The van der Waals surface area contributed by atoms with E-state index in [1.807, 2.05) is 49.0 Å². The van der Waals surface area contributed by atoms with Crippen molar-refractivity contribution in [1.82, 2.24) is 4.98 Å². The van der Waals surface area contributed by atoms with E-state index in [1.54, 1.807) is 0 Å². The fraction of sp³-hybridized carbons (Fsp3) is 0.250. The fourth-order valence-corrected chi connectivity index (χ4v) is 2.67. The Hall–Kier alpha value is -2.21. The molecule has 1 aliphatic heterocycles. The molecular formula is C16H19N3O2S. The summed E-state index contributed by atoms with van der Waals surface area (Å²) in [6, 6.07) is 7.11. The van der Waals surface area contributed by atoms with Crippen molar-refractivity contribution < 1.29 is 4.79 Å². The number of pyridine rings is 1. The number of benzene rings is 1. The van der Waals surface area contributed by atoms with E-state index in [4.69, 9.17) is 5.73 Å². The molecule has 3 N–H and O–H groups in total. The number of anilines is 1. The first-order chi connectivity index (χ1) is 10.5. The predicted octanol–water partition coefficient (Wildman–Crippen LogP) is 2.33. The van der Waals surface area contributed by atoms with Gasteiger partial charge in [-0.25, -0.2) is 0 Å². The number of hydrogen-bond donors (Lipinski definition) is 2. The standard InChI is InChI=1S/C12H13N3O2.C4H6S/c1-15(2)8-4-3-7-5-9(11(13)16)12(17)14-10(7)6-8;1-2-4-5-3-1/h3-6H,1-2H3,(H2,13,16)(H,14,17);1,3H,2,4H2. The Bertz CT molecular complexity index is 760. The van der Waals surface area contributed by atoms with Gasteiger partial charge in [-0.2, -0.15) is 0 Å². The van der Waals surface area contributed by atoms with Gasteiger partial charge in [0.2, 0.25) is 0 Å². The lowest BCUT2D eigenvalue weighted by molar-refractivity contribution is 0.0999. The molecule has 5 nitrogen and oxygen atoms in total. The number of H-pyrrole nitrogens is 1. The van der Waals surface area contributed by atoms with E-state index < -0.39 is 11.5 Å². The molecule has 116 valence electrons. The summed E-state index contributed by atoms with van der Waals surface area (Å²) in [5.41, 5.74) is 6.30. The van der Waals surface area contributed by atoms with Gasteiger partial charge in [0, 0.05) is 25.5 Å². The molecule has 0 unspecified atom stereocenters. The number of fused-ring (bicyclic) bond motifs is 1. The first kappa shape index (κ1) is 16.2. The molecule has 0 fully saturated rings. The van der Waals surface area contributed by atoms with Crippen LogP contribution in [0.5, 0.6) is 0 Å². The third-order valence-corrected chi connectivity index (χ3v) is 4.06. The lowest BCUT2D eigenvalue weighted by Gasteiger charge is -2.12. The molecule has 1 aromatic heterocycles. The molecule has 0 bridgehead atoms. The van der Waals surface area contributed by atoms with Crippen molar-refractivity contribution in [3.05, 3.63) is 51.7 Å². The Labute approximate surface area is 133 Å². The number of aromatic nitrogens is 1. The fourth-order valence-electron chi connectivity index (χ4n) is 1.99. The summed E-state index contributed by atoms with van der Waals surface area (Å²) in [6.07, 6.45) is 3.48. The van der Waals surface area contributed by atoms with Gasteiger partial charge >= 0.3 is 0 Å². The Morgan fingerprint density at radius 2 is 2.09 bits per heavy atom. The molecule has 0 saturated heterocycles. The molecule has 6 heteroatoms. The van der Waals surface area contributed by atoms with Crippen LogP contribution in [0.15, 0.2) is 40.5 Å². The number of aromatic amines is 1. The topological polar surface area (TPSA) is 79.2 Å². The van der Waals surface area contributed by atoms with Gasteiger partial charge in [-0.15, -0.1) is 11.8 Å². The van der Waals surface area contributed by atoms with Gasteiger partial charge in [0.15, 0.2) is 0 Å². The van der Waals surface area contributed by atoms with E-state index in [1.165, 1.54) is 18.2 Å². The number of primary amides is 1. The molecular weight excluding hydrogens is 298 g/mol. The van der Waals surface area contributed by atoms with E-state index in [9.17, 15) is 9.59 Å². The van der Waals surface area contributed by atoms with Gasteiger partial charge in [-0.3, -0.25) is 9.59 Å². The van der Waals surface area contributed by atoms with Crippen LogP contribution in [-0.2, 0) is 0 Å². The summed E-state index contributed by atoms with van der Waals surface area (Å²) >= 11 is 1.89. The minimum atomic E-state index is -0.718. The number of amides is 1. The molecule has 0 spiro atoms. The summed E-state index contributed by atoms with van der Waals surface area (Å²) < 4.78 is 0. The van der Waals surface area contributed by atoms with Crippen molar-refractivity contribution in [1.29, 1.82) is 0 Å². The summed E-state index contributed by atoms with van der Waals surface area (Å²) in [6.45, 7) is 0. The molecule has 2 aromatic rings. The molecule has 1 amide bonds. The van der Waals surface area contributed by atoms with Crippen LogP contribution in [0.4, 0.5) is 5.69 Å². The number of allylic oxidation sites excluding steroid dienone is 1. The number of rotatable bonds is 2. The molecule has 2 heterocycles. The number of nitrogens with two attached hydrogens (primary N) is 1. The van der Waals surface area contributed by atoms with Crippen LogP contribution in [-0.4, -0.2) is 30.7 Å². The highest BCUT2D eigenvalue weighted by Gasteiger charge is 2.08. The van der Waals surface area contributed by atoms with Crippen molar-refractivity contribution in [3.8, 4) is 0 Å². The average Bonchev–Trinajstić information content (AvgIpc) is 3.05. The molecule has 22 heavy (non-hydrogen) atoms. The van der Waals surface area contributed by atoms with Crippen LogP contribution in [0, 0.1) is 0 Å². The van der Waals surface area contributed by atoms with Gasteiger partial charge in [0.25, 0.3) is 11.5 Å². The summed E-state index contributed by atoms with van der Waals surface area (Å²) in [5, 5.41) is 2.93. The van der Waals surface area contributed by atoms with E-state index in [-0.39, 0.29) is 5.56 Å². The number of thioether (sulfide) groups is 1. The van der Waals surface area contributed by atoms with Crippen LogP contribution in [0.25, 0.3) is 10.9 Å². The molecule has 3 rings (SSSR count). The van der Waals surface area contributed by atoms with Crippen molar-refractivity contribution in [2.75, 3.05) is 24.7 Å². The van der Waals surface area contributed by atoms with E-state index in [0.717, 1.165) is 11.1 Å². The lowest BCUT2D eigenvalue weighted by Crippen LogP contribution is -2.23. The number of hydrogen-bond acceptors (Lipinski definition) is 4. The Morgan fingerprint density at radius 3 is 2.59 bits per heavy atom. The van der Waals surface area contributed by atoms with Crippen molar-refractivity contribution in [2.45, 2.75) is 6.42 Å². The second kappa shape index (κ2) is 7.17. The van der Waals surface area contributed by atoms with Crippen LogP contribution in [0.2, 0.25) is 0 Å². The molecule has 0 saturated carbocycles. The number of carbonyl (C=O) groups excluding carboxylic acids is 1. The van der Waals surface area contributed by atoms with E-state index in [0.29, 0.717) is 5.52 Å². The van der Waals surface area contributed by atoms with Crippen molar-refractivity contribution in [2.24, 2.45) is 5.73 Å². The highest BCUT2D eigenvalue weighted by Crippen LogP contribution is 2.18. The highest BCUT2D eigenvalue weighted by molar-refractivity contribution is 8.02. The monoisotopic (exact) mass is 317 g/mol. The van der Waals surface area contributed by atoms with Crippen LogP contribution in [0.3, 0.4) is 0 Å². The third-order valence-electron chi connectivity index (χ3n) is 3.21. The quantitative estimate of drug-likeness (QED) is 0.891. The average molecular weight is 317 g/mol. The molecule has 0 atom stereocenters. The lowest BCUT2D eigenvalue weighted by atomic mass is 10.1. The van der Waals surface area contributed by atoms with Gasteiger partial charge in [-0.1, -0.05) is 12.1 Å². The highest BCUT2D eigenvalue weighted by atomic mass is 32.2. The van der Waals surface area contributed by atoms with Gasteiger partial charge in [0.05, 0.1) is 5.52 Å². The Morgan fingerprint density at radius 1 is 1.32 bits per heavy atom. The maximum absolute atomic E-state index is 11.6. The largest absolute Gasteiger partial charge is 0.378 e. The third kappa shape index (κ3) is 3.92. The van der Waals surface area contributed by atoms with Crippen LogP contribution >= 0.6 is 11.8 Å². The molecule has 1 aromatic carbocycles. The summed E-state index contributed by atoms with van der Waals surface area (Å²) in [5.74, 6) is 0.588. The van der Waals surface area contributed by atoms with Crippen LogP contribution < -0.4 is 16.2 Å². The van der Waals surface area contributed by atoms with Crippen molar-refractivity contribution >= 4 is 34.3 Å². The van der Waals surface area contributed by atoms with Gasteiger partial charge in [-0.05, 0) is 35.4 Å². The minimum Gasteiger partial charge on any atom is -0.378 e. The van der Waals surface area contributed by atoms with Crippen LogP contribution in [0.1, 0.15) is 16.8 Å². The normalized spacial score (nSPS) is 12.8. The Balaban J connectivity index is 0.000000299. The molecule has 1 aliphatic rings. The number of nitrogens with one attached hydrogen (secondary N) is 1. The number of nitrogens with zero attached hydrogens (tertiary/aromatic N) is 1.